The van der Waals surface area contributed by atoms with Gasteiger partial charge in [-0.05, 0) is 17.7 Å². The summed E-state index contributed by atoms with van der Waals surface area (Å²) in [6, 6.07) is 9.63. The highest BCUT2D eigenvalue weighted by Gasteiger charge is 2.22. The van der Waals surface area contributed by atoms with Crippen molar-refractivity contribution < 1.29 is 9.18 Å². The quantitative estimate of drug-likeness (QED) is 0.931. The summed E-state index contributed by atoms with van der Waals surface area (Å²) in [7, 11) is 0. The number of aromatic nitrogens is 1. The highest BCUT2D eigenvalue weighted by atomic mass is 19.1. The van der Waals surface area contributed by atoms with Gasteiger partial charge in [0.25, 0.3) is 0 Å². The lowest BCUT2D eigenvalue weighted by Gasteiger charge is -2.36. The van der Waals surface area contributed by atoms with Crippen molar-refractivity contribution in [3.63, 3.8) is 0 Å². The molecule has 5 nitrogen and oxygen atoms in total. The fourth-order valence-corrected chi connectivity index (χ4v) is 2.73. The van der Waals surface area contributed by atoms with Gasteiger partial charge in [-0.15, -0.1) is 0 Å². The molecule has 23 heavy (non-hydrogen) atoms. The van der Waals surface area contributed by atoms with E-state index in [9.17, 15) is 14.0 Å². The first-order chi connectivity index (χ1) is 11.1. The number of halogens is 1. The van der Waals surface area contributed by atoms with Crippen LogP contribution in [-0.2, 0) is 11.2 Å². The molecular formula is C17H18FN3O2. The van der Waals surface area contributed by atoms with Crippen LogP contribution >= 0.6 is 0 Å². The molecule has 1 aliphatic rings. The molecule has 1 aromatic carbocycles. The van der Waals surface area contributed by atoms with Crippen LogP contribution < -0.4 is 10.5 Å². The Balaban J connectivity index is 1.58. The number of pyridine rings is 1. The molecule has 1 amide bonds. The average Bonchev–Trinajstić information content (AvgIpc) is 2.58. The number of aromatic amines is 1. The number of amides is 1. The third-order valence-electron chi connectivity index (χ3n) is 4.06. The highest BCUT2D eigenvalue weighted by molar-refractivity contribution is 5.79. The molecule has 0 radical (unpaired) electrons. The lowest BCUT2D eigenvalue weighted by molar-refractivity contribution is -0.130. The molecule has 0 aliphatic carbocycles. The predicted molar refractivity (Wildman–Crippen MR) is 86.0 cm³/mol. The number of anilines is 1. The van der Waals surface area contributed by atoms with Crippen LogP contribution in [0, 0.1) is 5.82 Å². The van der Waals surface area contributed by atoms with Crippen molar-refractivity contribution in [2.45, 2.75) is 6.42 Å². The molecule has 120 valence electrons. The molecule has 3 rings (SSSR count). The monoisotopic (exact) mass is 315 g/mol. The van der Waals surface area contributed by atoms with Crippen LogP contribution in [0.3, 0.4) is 0 Å². The zero-order chi connectivity index (χ0) is 16.2. The van der Waals surface area contributed by atoms with Crippen molar-refractivity contribution in [2.24, 2.45) is 0 Å². The summed E-state index contributed by atoms with van der Waals surface area (Å²) in [6.07, 6.45) is 1.77. The van der Waals surface area contributed by atoms with Crippen LogP contribution in [-0.4, -0.2) is 42.0 Å². The molecule has 0 atom stereocenters. The molecule has 2 heterocycles. The van der Waals surface area contributed by atoms with E-state index < -0.39 is 0 Å². The van der Waals surface area contributed by atoms with E-state index in [1.165, 1.54) is 12.1 Å². The van der Waals surface area contributed by atoms with E-state index in [0.717, 1.165) is 5.69 Å². The van der Waals surface area contributed by atoms with E-state index in [4.69, 9.17) is 0 Å². The molecule has 2 aromatic rings. The molecule has 1 aliphatic heterocycles. The maximum absolute atomic E-state index is 13.6. The smallest absolute Gasteiger partial charge is 0.248 e. The fraction of sp³-hybridized carbons (Fsp3) is 0.294. The van der Waals surface area contributed by atoms with Gasteiger partial charge in [-0.25, -0.2) is 4.39 Å². The summed E-state index contributed by atoms with van der Waals surface area (Å²) in [5.41, 5.74) is 1.24. The Morgan fingerprint density at radius 3 is 2.48 bits per heavy atom. The topological polar surface area (TPSA) is 56.4 Å². The number of carbonyl (C=O) groups excluding carboxylic acids is 1. The number of nitrogens with one attached hydrogen (secondary N) is 1. The Morgan fingerprint density at radius 2 is 1.83 bits per heavy atom. The van der Waals surface area contributed by atoms with Gasteiger partial charge in [0.05, 0.1) is 12.1 Å². The normalized spacial score (nSPS) is 14.8. The number of rotatable bonds is 3. The average molecular weight is 315 g/mol. The van der Waals surface area contributed by atoms with Crippen molar-refractivity contribution in [1.82, 2.24) is 9.88 Å². The van der Waals surface area contributed by atoms with Gasteiger partial charge < -0.3 is 14.8 Å². The van der Waals surface area contributed by atoms with Crippen molar-refractivity contribution in [1.29, 1.82) is 0 Å². The second-order valence-corrected chi connectivity index (χ2v) is 5.55. The van der Waals surface area contributed by atoms with Crippen LogP contribution in [0.2, 0.25) is 0 Å². The molecule has 0 unspecified atom stereocenters. The number of hydrogen-bond donors (Lipinski definition) is 1. The third kappa shape index (κ3) is 3.59. The van der Waals surface area contributed by atoms with Crippen LogP contribution in [0.1, 0.15) is 5.56 Å². The number of carbonyl (C=O) groups is 1. The van der Waals surface area contributed by atoms with Crippen LogP contribution in [0.5, 0.6) is 0 Å². The number of piperazine rings is 1. The van der Waals surface area contributed by atoms with Crippen LogP contribution in [0.15, 0.2) is 47.4 Å². The van der Waals surface area contributed by atoms with Crippen LogP contribution in [0.25, 0.3) is 0 Å². The minimum absolute atomic E-state index is 0.0591. The minimum Gasteiger partial charge on any atom is -0.367 e. The zero-order valence-corrected chi connectivity index (χ0v) is 12.7. The van der Waals surface area contributed by atoms with Gasteiger partial charge in [0, 0.05) is 38.4 Å². The Bertz CT molecular complexity index is 731. The maximum atomic E-state index is 13.6. The van der Waals surface area contributed by atoms with Gasteiger partial charge in [-0.2, -0.15) is 0 Å². The summed E-state index contributed by atoms with van der Waals surface area (Å²) < 4.78 is 13.6. The standard InChI is InChI=1S/C17H18FN3O2/c18-15-4-2-1-3-13(15)11-17(23)21-9-7-20(8-10-21)14-5-6-16(22)19-12-14/h1-6,12H,7-11H2,(H,19,22). The molecule has 6 heteroatoms. The maximum Gasteiger partial charge on any atom is 0.248 e. The SMILES string of the molecule is O=C(Cc1ccccc1F)N1CCN(c2ccc(=O)[nH]c2)CC1. The Labute approximate surface area is 133 Å². The van der Waals surface area contributed by atoms with E-state index in [0.29, 0.717) is 31.7 Å². The second kappa shape index (κ2) is 6.64. The lowest BCUT2D eigenvalue weighted by Crippen LogP contribution is -2.49. The molecular weight excluding hydrogens is 297 g/mol. The first kappa shape index (κ1) is 15.3. The largest absolute Gasteiger partial charge is 0.367 e. The Kier molecular flexibility index (Phi) is 4.41. The summed E-state index contributed by atoms with van der Waals surface area (Å²) in [6.45, 7) is 2.56. The van der Waals surface area contributed by atoms with Gasteiger partial charge in [-0.1, -0.05) is 18.2 Å². The summed E-state index contributed by atoms with van der Waals surface area (Å²) >= 11 is 0. The van der Waals surface area contributed by atoms with Crippen molar-refractivity contribution in [3.05, 3.63) is 64.3 Å². The number of hydrogen-bond acceptors (Lipinski definition) is 3. The van der Waals surface area contributed by atoms with Crippen molar-refractivity contribution in [3.8, 4) is 0 Å². The Morgan fingerprint density at radius 1 is 1.09 bits per heavy atom. The minimum atomic E-state index is -0.340. The fourth-order valence-electron chi connectivity index (χ4n) is 2.73. The molecule has 1 N–H and O–H groups in total. The van der Waals surface area contributed by atoms with Crippen molar-refractivity contribution >= 4 is 11.6 Å². The number of benzene rings is 1. The summed E-state index contributed by atoms with van der Waals surface area (Å²) in [5, 5.41) is 0. The van der Waals surface area contributed by atoms with Gasteiger partial charge >= 0.3 is 0 Å². The zero-order valence-electron chi connectivity index (χ0n) is 12.7. The first-order valence-electron chi connectivity index (χ1n) is 7.58. The van der Waals surface area contributed by atoms with E-state index in [1.807, 2.05) is 0 Å². The van der Waals surface area contributed by atoms with E-state index >= 15 is 0 Å². The number of nitrogens with zero attached hydrogens (tertiary/aromatic N) is 2. The third-order valence-corrected chi connectivity index (χ3v) is 4.06. The van der Waals surface area contributed by atoms with Gasteiger partial charge in [-0.3, -0.25) is 9.59 Å². The van der Waals surface area contributed by atoms with Gasteiger partial charge in [0.1, 0.15) is 5.82 Å². The molecule has 0 saturated carbocycles. The van der Waals surface area contributed by atoms with Gasteiger partial charge in [0.2, 0.25) is 11.5 Å². The summed E-state index contributed by atoms with van der Waals surface area (Å²) in [5.74, 6) is -0.399. The summed E-state index contributed by atoms with van der Waals surface area (Å²) in [4.78, 5) is 29.9. The lowest BCUT2D eigenvalue weighted by atomic mass is 10.1. The molecule has 1 fully saturated rings. The molecule has 0 bridgehead atoms. The van der Waals surface area contributed by atoms with Crippen LogP contribution in [0.4, 0.5) is 10.1 Å². The van der Waals surface area contributed by atoms with E-state index in [-0.39, 0.29) is 23.7 Å². The van der Waals surface area contributed by atoms with Gasteiger partial charge in [0.15, 0.2) is 0 Å². The second-order valence-electron chi connectivity index (χ2n) is 5.55. The number of H-pyrrole nitrogens is 1. The van der Waals surface area contributed by atoms with E-state index in [2.05, 4.69) is 9.88 Å². The van der Waals surface area contributed by atoms with Crippen molar-refractivity contribution in [2.75, 3.05) is 31.1 Å². The first-order valence-corrected chi connectivity index (χ1v) is 7.58. The van der Waals surface area contributed by atoms with E-state index in [1.54, 1.807) is 35.4 Å². The molecule has 0 spiro atoms. The highest BCUT2D eigenvalue weighted by Crippen LogP contribution is 2.15. The molecule has 1 aromatic heterocycles. The predicted octanol–water partition coefficient (Wildman–Crippen LogP) is 1.41. The Hall–Kier alpha value is -2.63. The molecule has 1 saturated heterocycles.